The molecule has 1 atom stereocenters. The zero-order chi connectivity index (χ0) is 8.27. The van der Waals surface area contributed by atoms with Crippen molar-refractivity contribution in [1.82, 2.24) is 4.98 Å². The predicted octanol–water partition coefficient (Wildman–Crippen LogP) is 1.41. The van der Waals surface area contributed by atoms with Gasteiger partial charge in [0.05, 0.1) is 0 Å². The highest BCUT2D eigenvalue weighted by atomic mass is 19.1. The maximum atomic E-state index is 12.3. The molecule has 0 saturated heterocycles. The molecule has 0 fully saturated rings. The fraction of sp³-hybridized carbons (Fsp3) is 0.125. The van der Waals surface area contributed by atoms with E-state index in [1.54, 1.807) is 12.1 Å². The van der Waals surface area contributed by atoms with Crippen LogP contribution in [-0.4, -0.2) is 4.98 Å². The van der Waals surface area contributed by atoms with Crippen LogP contribution in [0.25, 0.3) is 0 Å². The van der Waals surface area contributed by atoms with Crippen LogP contribution in [0, 0.1) is 5.95 Å². The van der Waals surface area contributed by atoms with Gasteiger partial charge in [0.25, 0.3) is 0 Å². The lowest BCUT2D eigenvalue weighted by atomic mass is 10.1. The van der Waals surface area contributed by atoms with Crippen LogP contribution in [0.4, 0.5) is 4.39 Å². The van der Waals surface area contributed by atoms with E-state index in [2.05, 4.69) is 11.6 Å². The summed E-state index contributed by atoms with van der Waals surface area (Å²) in [5, 5.41) is 0. The van der Waals surface area contributed by atoms with Gasteiger partial charge in [0.2, 0.25) is 5.95 Å². The minimum absolute atomic E-state index is 0.261. The average molecular weight is 152 g/mol. The lowest BCUT2D eigenvalue weighted by Crippen LogP contribution is -2.06. The number of rotatable bonds is 2. The van der Waals surface area contributed by atoms with Gasteiger partial charge in [-0.05, 0) is 11.6 Å². The molecular formula is C8H9FN2. The molecule has 0 aliphatic rings. The van der Waals surface area contributed by atoms with Gasteiger partial charge in [-0.15, -0.1) is 6.58 Å². The first-order valence-corrected chi connectivity index (χ1v) is 3.23. The smallest absolute Gasteiger partial charge is 0.212 e. The third kappa shape index (κ3) is 1.85. The standard InChI is InChI=1S/C8H9FN2/c1-2-7(10)6-3-4-8(9)11-5-6/h2-5,7H,1,10H2. The van der Waals surface area contributed by atoms with Crippen LogP contribution in [0.15, 0.2) is 31.0 Å². The van der Waals surface area contributed by atoms with E-state index in [9.17, 15) is 4.39 Å². The molecule has 0 aromatic carbocycles. The Hall–Kier alpha value is -1.22. The number of halogens is 1. The van der Waals surface area contributed by atoms with Crippen molar-refractivity contribution in [2.45, 2.75) is 6.04 Å². The molecule has 0 radical (unpaired) electrons. The summed E-state index contributed by atoms with van der Waals surface area (Å²) in [5.74, 6) is -0.495. The Kier molecular flexibility index (Phi) is 2.33. The zero-order valence-corrected chi connectivity index (χ0v) is 6.00. The van der Waals surface area contributed by atoms with Crippen molar-refractivity contribution in [2.24, 2.45) is 5.73 Å². The van der Waals surface area contributed by atoms with Crippen LogP contribution in [0.2, 0.25) is 0 Å². The predicted molar refractivity (Wildman–Crippen MR) is 41.3 cm³/mol. The number of hydrogen-bond acceptors (Lipinski definition) is 2. The highest BCUT2D eigenvalue weighted by Crippen LogP contribution is 2.08. The molecule has 0 spiro atoms. The van der Waals surface area contributed by atoms with Crippen molar-refractivity contribution in [3.05, 3.63) is 42.5 Å². The van der Waals surface area contributed by atoms with Crippen LogP contribution in [0.3, 0.4) is 0 Å². The fourth-order valence-corrected chi connectivity index (χ4v) is 0.721. The quantitative estimate of drug-likeness (QED) is 0.514. The van der Waals surface area contributed by atoms with Crippen LogP contribution >= 0.6 is 0 Å². The van der Waals surface area contributed by atoms with Gasteiger partial charge >= 0.3 is 0 Å². The van der Waals surface area contributed by atoms with E-state index in [0.29, 0.717) is 0 Å². The highest BCUT2D eigenvalue weighted by molar-refractivity contribution is 5.17. The minimum Gasteiger partial charge on any atom is -0.321 e. The van der Waals surface area contributed by atoms with E-state index in [1.807, 2.05) is 0 Å². The van der Waals surface area contributed by atoms with Gasteiger partial charge in [0.15, 0.2) is 0 Å². The van der Waals surface area contributed by atoms with Gasteiger partial charge in [-0.3, -0.25) is 0 Å². The lowest BCUT2D eigenvalue weighted by molar-refractivity contribution is 0.581. The number of pyridine rings is 1. The molecule has 0 amide bonds. The van der Waals surface area contributed by atoms with Crippen LogP contribution < -0.4 is 5.73 Å². The van der Waals surface area contributed by atoms with Crippen molar-refractivity contribution >= 4 is 0 Å². The molecular weight excluding hydrogens is 143 g/mol. The van der Waals surface area contributed by atoms with Crippen molar-refractivity contribution in [1.29, 1.82) is 0 Å². The van der Waals surface area contributed by atoms with Gasteiger partial charge < -0.3 is 5.73 Å². The van der Waals surface area contributed by atoms with Crippen molar-refractivity contribution < 1.29 is 4.39 Å². The Labute approximate surface area is 64.6 Å². The van der Waals surface area contributed by atoms with Crippen molar-refractivity contribution in [3.63, 3.8) is 0 Å². The van der Waals surface area contributed by atoms with E-state index >= 15 is 0 Å². The third-order valence-electron chi connectivity index (χ3n) is 1.39. The first kappa shape index (κ1) is 7.88. The van der Waals surface area contributed by atoms with Crippen LogP contribution in [-0.2, 0) is 0 Å². The largest absolute Gasteiger partial charge is 0.321 e. The van der Waals surface area contributed by atoms with Crippen LogP contribution in [0.5, 0.6) is 0 Å². The Morgan fingerprint density at radius 3 is 2.82 bits per heavy atom. The Bertz CT molecular complexity index is 243. The van der Waals surface area contributed by atoms with E-state index in [-0.39, 0.29) is 6.04 Å². The summed E-state index contributed by atoms with van der Waals surface area (Å²) in [4.78, 5) is 3.45. The summed E-state index contributed by atoms with van der Waals surface area (Å²) in [6.45, 7) is 3.51. The molecule has 0 saturated carbocycles. The fourth-order valence-electron chi connectivity index (χ4n) is 0.721. The first-order chi connectivity index (χ1) is 5.24. The van der Waals surface area contributed by atoms with Crippen molar-refractivity contribution in [2.75, 3.05) is 0 Å². The summed E-state index contributed by atoms with van der Waals surface area (Å²) in [7, 11) is 0. The second kappa shape index (κ2) is 3.25. The van der Waals surface area contributed by atoms with E-state index < -0.39 is 5.95 Å². The number of nitrogens with zero attached hydrogens (tertiary/aromatic N) is 1. The normalized spacial score (nSPS) is 12.5. The molecule has 2 N–H and O–H groups in total. The van der Waals surface area contributed by atoms with Gasteiger partial charge in [0.1, 0.15) is 0 Å². The average Bonchev–Trinajstić information content (AvgIpc) is 2.05. The summed E-state index contributed by atoms with van der Waals surface area (Å²) in [5.41, 5.74) is 6.33. The molecule has 0 aliphatic carbocycles. The Morgan fingerprint density at radius 2 is 2.36 bits per heavy atom. The number of aromatic nitrogens is 1. The summed E-state index contributed by atoms with van der Waals surface area (Å²) in [6.07, 6.45) is 2.98. The zero-order valence-electron chi connectivity index (χ0n) is 6.00. The molecule has 0 bridgehead atoms. The SMILES string of the molecule is C=CC(N)c1ccc(F)nc1. The van der Waals surface area contributed by atoms with E-state index in [1.165, 1.54) is 12.3 Å². The molecule has 1 rings (SSSR count). The number of nitrogens with two attached hydrogens (primary N) is 1. The molecule has 3 heteroatoms. The third-order valence-corrected chi connectivity index (χ3v) is 1.39. The maximum Gasteiger partial charge on any atom is 0.212 e. The van der Waals surface area contributed by atoms with Crippen molar-refractivity contribution in [3.8, 4) is 0 Å². The van der Waals surface area contributed by atoms with Gasteiger partial charge in [-0.2, -0.15) is 4.39 Å². The highest BCUT2D eigenvalue weighted by Gasteiger charge is 2.00. The number of hydrogen-bond donors (Lipinski definition) is 1. The molecule has 1 heterocycles. The summed E-state index contributed by atoms with van der Waals surface area (Å²) < 4.78 is 12.3. The second-order valence-electron chi connectivity index (χ2n) is 2.18. The lowest BCUT2D eigenvalue weighted by Gasteiger charge is -2.03. The van der Waals surface area contributed by atoms with E-state index in [0.717, 1.165) is 5.56 Å². The topological polar surface area (TPSA) is 38.9 Å². The van der Waals surface area contributed by atoms with Gasteiger partial charge in [0, 0.05) is 12.2 Å². The molecule has 1 aromatic heterocycles. The minimum atomic E-state index is -0.495. The summed E-state index contributed by atoms with van der Waals surface area (Å²) >= 11 is 0. The molecule has 1 unspecified atom stereocenters. The molecule has 2 nitrogen and oxygen atoms in total. The molecule has 0 aliphatic heterocycles. The van der Waals surface area contributed by atoms with Crippen LogP contribution in [0.1, 0.15) is 11.6 Å². The maximum absolute atomic E-state index is 12.3. The van der Waals surface area contributed by atoms with E-state index in [4.69, 9.17) is 5.73 Å². The monoisotopic (exact) mass is 152 g/mol. The first-order valence-electron chi connectivity index (χ1n) is 3.23. The van der Waals surface area contributed by atoms with Gasteiger partial charge in [-0.25, -0.2) is 4.98 Å². The molecule has 58 valence electrons. The Morgan fingerprint density at radius 1 is 1.64 bits per heavy atom. The van der Waals surface area contributed by atoms with Gasteiger partial charge in [-0.1, -0.05) is 12.1 Å². The molecule has 1 aromatic rings. The second-order valence-corrected chi connectivity index (χ2v) is 2.18. The Balaban J connectivity index is 2.89. The molecule has 11 heavy (non-hydrogen) atoms. The summed E-state index contributed by atoms with van der Waals surface area (Å²) in [6, 6.07) is 2.61.